The fraction of sp³-hybridized carbons (Fsp3) is 0.379. The SMILES string of the molecule is O=C(C[C@@]1(COc2ccccc2)CCCN(C(=O)c2ccc(-c3ccccc3F)o2)C1)N1CCOCC1. The maximum atomic E-state index is 14.2. The molecule has 0 N–H and O–H groups in total. The van der Waals surface area contributed by atoms with Crippen molar-refractivity contribution in [3.63, 3.8) is 0 Å². The van der Waals surface area contributed by atoms with E-state index in [0.717, 1.165) is 18.6 Å². The Bertz CT molecular complexity index is 1220. The monoisotopic (exact) mass is 506 g/mol. The zero-order chi connectivity index (χ0) is 25.7. The molecule has 2 aromatic carbocycles. The Morgan fingerprint density at radius 3 is 2.46 bits per heavy atom. The number of carbonyl (C=O) groups is 2. The molecule has 37 heavy (non-hydrogen) atoms. The molecule has 3 heterocycles. The van der Waals surface area contributed by atoms with E-state index in [1.807, 2.05) is 35.2 Å². The minimum atomic E-state index is -0.542. The molecule has 3 aromatic rings. The highest BCUT2D eigenvalue weighted by atomic mass is 19.1. The molecule has 0 unspecified atom stereocenters. The van der Waals surface area contributed by atoms with Gasteiger partial charge in [0.1, 0.15) is 17.3 Å². The first-order chi connectivity index (χ1) is 18.0. The van der Waals surface area contributed by atoms with Gasteiger partial charge in [-0.2, -0.15) is 0 Å². The van der Waals surface area contributed by atoms with Crippen LogP contribution in [-0.4, -0.2) is 67.6 Å². The van der Waals surface area contributed by atoms with Gasteiger partial charge in [-0.05, 0) is 49.2 Å². The second-order valence-corrected chi connectivity index (χ2v) is 9.75. The number of amides is 2. The average Bonchev–Trinajstić information content (AvgIpc) is 3.43. The number of para-hydroxylation sites is 1. The first kappa shape index (κ1) is 25.0. The Kier molecular flexibility index (Phi) is 7.55. The van der Waals surface area contributed by atoms with Crippen molar-refractivity contribution in [2.45, 2.75) is 19.3 Å². The van der Waals surface area contributed by atoms with Crippen LogP contribution in [0.25, 0.3) is 11.3 Å². The second-order valence-electron chi connectivity index (χ2n) is 9.75. The molecule has 0 radical (unpaired) electrons. The molecule has 2 aliphatic rings. The molecule has 7 nitrogen and oxygen atoms in total. The summed E-state index contributed by atoms with van der Waals surface area (Å²) in [5.74, 6) is 0.550. The van der Waals surface area contributed by atoms with Crippen molar-refractivity contribution in [1.29, 1.82) is 0 Å². The molecule has 5 rings (SSSR count). The molecule has 194 valence electrons. The highest BCUT2D eigenvalue weighted by molar-refractivity contribution is 5.92. The summed E-state index contributed by atoms with van der Waals surface area (Å²) >= 11 is 0. The fourth-order valence-electron chi connectivity index (χ4n) is 5.11. The van der Waals surface area contributed by atoms with Crippen molar-refractivity contribution in [3.05, 3.63) is 78.3 Å². The van der Waals surface area contributed by atoms with Gasteiger partial charge in [-0.1, -0.05) is 30.3 Å². The van der Waals surface area contributed by atoms with Crippen molar-refractivity contribution < 1.29 is 27.9 Å². The molecule has 2 saturated heterocycles. The second kappa shape index (κ2) is 11.2. The average molecular weight is 507 g/mol. The molecule has 0 bridgehead atoms. The van der Waals surface area contributed by atoms with Gasteiger partial charge in [0, 0.05) is 38.0 Å². The maximum Gasteiger partial charge on any atom is 0.289 e. The van der Waals surface area contributed by atoms with Crippen LogP contribution in [0.3, 0.4) is 0 Å². The lowest BCUT2D eigenvalue weighted by Crippen LogP contribution is -2.52. The van der Waals surface area contributed by atoms with Crippen LogP contribution in [-0.2, 0) is 9.53 Å². The van der Waals surface area contributed by atoms with E-state index in [0.29, 0.717) is 57.3 Å². The molecule has 2 amide bonds. The lowest BCUT2D eigenvalue weighted by atomic mass is 9.77. The number of carbonyl (C=O) groups excluding carboxylic acids is 2. The summed E-state index contributed by atoms with van der Waals surface area (Å²) in [7, 11) is 0. The van der Waals surface area contributed by atoms with Crippen LogP contribution in [0, 0.1) is 11.2 Å². The van der Waals surface area contributed by atoms with E-state index < -0.39 is 11.2 Å². The molecule has 2 aliphatic heterocycles. The molecule has 8 heteroatoms. The first-order valence-corrected chi connectivity index (χ1v) is 12.7. The van der Waals surface area contributed by atoms with Crippen LogP contribution < -0.4 is 4.74 Å². The van der Waals surface area contributed by atoms with Crippen LogP contribution in [0.4, 0.5) is 4.39 Å². The Morgan fingerprint density at radius 1 is 0.919 bits per heavy atom. The number of hydrogen-bond donors (Lipinski definition) is 0. The van der Waals surface area contributed by atoms with Gasteiger partial charge >= 0.3 is 0 Å². The molecule has 0 saturated carbocycles. The predicted octanol–water partition coefficient (Wildman–Crippen LogP) is 4.64. The number of piperidine rings is 1. The van der Waals surface area contributed by atoms with E-state index in [1.165, 1.54) is 6.07 Å². The summed E-state index contributed by atoms with van der Waals surface area (Å²) in [5.41, 5.74) is -0.234. The van der Waals surface area contributed by atoms with Crippen molar-refractivity contribution >= 4 is 11.8 Å². The number of ether oxygens (including phenoxy) is 2. The third-order valence-electron chi connectivity index (χ3n) is 7.08. The summed E-state index contributed by atoms with van der Waals surface area (Å²) in [6.45, 7) is 3.44. The van der Waals surface area contributed by atoms with E-state index in [4.69, 9.17) is 13.9 Å². The maximum absolute atomic E-state index is 14.2. The van der Waals surface area contributed by atoms with Crippen LogP contribution >= 0.6 is 0 Å². The van der Waals surface area contributed by atoms with Gasteiger partial charge in [0.05, 0.1) is 25.4 Å². The van der Waals surface area contributed by atoms with Crippen LogP contribution in [0.2, 0.25) is 0 Å². The predicted molar refractivity (Wildman–Crippen MR) is 136 cm³/mol. The number of hydrogen-bond acceptors (Lipinski definition) is 5. The van der Waals surface area contributed by atoms with Crippen LogP contribution in [0.1, 0.15) is 29.8 Å². The standard InChI is InChI=1S/C29H31FN2O5/c30-24-10-5-4-9-23(24)25-11-12-26(37-25)28(34)32-14-6-13-29(20-32,21-36-22-7-2-1-3-8-22)19-27(33)31-15-17-35-18-16-31/h1-5,7-12H,6,13-21H2/t29-/m0/s1. The lowest BCUT2D eigenvalue weighted by molar-refractivity contribution is -0.139. The van der Waals surface area contributed by atoms with E-state index in [-0.39, 0.29) is 24.0 Å². The molecule has 1 atom stereocenters. The third kappa shape index (κ3) is 5.85. The van der Waals surface area contributed by atoms with Crippen molar-refractivity contribution in [2.75, 3.05) is 46.0 Å². The normalized spacial score (nSPS) is 20.0. The fourth-order valence-corrected chi connectivity index (χ4v) is 5.11. The van der Waals surface area contributed by atoms with Crippen molar-refractivity contribution in [2.24, 2.45) is 5.41 Å². The Labute approximate surface area is 215 Å². The van der Waals surface area contributed by atoms with Crippen LogP contribution in [0.5, 0.6) is 5.75 Å². The Balaban J connectivity index is 1.34. The molecule has 2 fully saturated rings. The van der Waals surface area contributed by atoms with E-state index in [1.54, 1.807) is 35.2 Å². The number of halogens is 1. The highest BCUT2D eigenvalue weighted by Crippen LogP contribution is 2.36. The van der Waals surface area contributed by atoms with Gasteiger partial charge in [0.2, 0.25) is 5.91 Å². The first-order valence-electron chi connectivity index (χ1n) is 12.7. The van der Waals surface area contributed by atoms with E-state index >= 15 is 0 Å². The number of rotatable bonds is 7. The van der Waals surface area contributed by atoms with Gasteiger partial charge in [0.25, 0.3) is 5.91 Å². The Morgan fingerprint density at radius 2 is 1.68 bits per heavy atom. The van der Waals surface area contributed by atoms with Gasteiger partial charge in [-0.25, -0.2) is 4.39 Å². The smallest absolute Gasteiger partial charge is 0.289 e. The number of likely N-dealkylation sites (tertiary alicyclic amines) is 1. The molecule has 0 spiro atoms. The van der Waals surface area contributed by atoms with Crippen molar-refractivity contribution in [1.82, 2.24) is 9.80 Å². The van der Waals surface area contributed by atoms with Crippen molar-refractivity contribution in [3.8, 4) is 17.1 Å². The molecule has 0 aliphatic carbocycles. The minimum Gasteiger partial charge on any atom is -0.493 e. The van der Waals surface area contributed by atoms with Crippen LogP contribution in [0.15, 0.2) is 71.1 Å². The highest BCUT2D eigenvalue weighted by Gasteiger charge is 2.41. The third-order valence-corrected chi connectivity index (χ3v) is 7.08. The molecule has 1 aromatic heterocycles. The Hall–Kier alpha value is -3.65. The van der Waals surface area contributed by atoms with Gasteiger partial charge in [-0.15, -0.1) is 0 Å². The quantitative estimate of drug-likeness (QED) is 0.467. The van der Waals surface area contributed by atoms with Gasteiger partial charge in [-0.3, -0.25) is 9.59 Å². The summed E-state index contributed by atoms with van der Waals surface area (Å²) in [6.07, 6.45) is 1.78. The zero-order valence-corrected chi connectivity index (χ0v) is 20.7. The lowest BCUT2D eigenvalue weighted by Gasteiger charge is -2.43. The number of benzene rings is 2. The summed E-state index contributed by atoms with van der Waals surface area (Å²) in [6, 6.07) is 19.0. The summed E-state index contributed by atoms with van der Waals surface area (Å²) in [5, 5.41) is 0. The number of morpholine rings is 1. The topological polar surface area (TPSA) is 72.2 Å². The largest absolute Gasteiger partial charge is 0.493 e. The summed E-state index contributed by atoms with van der Waals surface area (Å²) in [4.78, 5) is 30.3. The zero-order valence-electron chi connectivity index (χ0n) is 20.7. The van der Waals surface area contributed by atoms with E-state index in [9.17, 15) is 14.0 Å². The van der Waals surface area contributed by atoms with Gasteiger partial charge in [0.15, 0.2) is 5.76 Å². The minimum absolute atomic E-state index is 0.0501. The number of nitrogens with zero attached hydrogens (tertiary/aromatic N) is 2. The van der Waals surface area contributed by atoms with Gasteiger partial charge < -0.3 is 23.7 Å². The van der Waals surface area contributed by atoms with E-state index in [2.05, 4.69) is 0 Å². The molecular weight excluding hydrogens is 475 g/mol. The number of furan rings is 1. The molecular formula is C29H31FN2O5. The summed E-state index contributed by atoms with van der Waals surface area (Å²) < 4.78 is 31.6.